The van der Waals surface area contributed by atoms with E-state index in [1.54, 1.807) is 0 Å². The fraction of sp³-hybridized carbons (Fsp3) is 0.312. The van der Waals surface area contributed by atoms with Crippen molar-refractivity contribution in [1.82, 2.24) is 10.3 Å². The summed E-state index contributed by atoms with van der Waals surface area (Å²) in [6.07, 6.45) is 2.88. The molecule has 0 unspecified atom stereocenters. The number of nitrogens with zero attached hydrogens (tertiary/aromatic N) is 1. The molecule has 0 amide bonds. The summed E-state index contributed by atoms with van der Waals surface area (Å²) in [5, 5.41) is 3.13. The van der Waals surface area contributed by atoms with Crippen LogP contribution in [0.3, 0.4) is 0 Å². The second-order valence-corrected chi connectivity index (χ2v) is 4.57. The molecule has 3 heteroatoms. The maximum absolute atomic E-state index is 6.01. The predicted molar refractivity (Wildman–Crippen MR) is 77.6 cm³/mol. The molecule has 0 radical (unpaired) electrons. The van der Waals surface area contributed by atoms with Crippen LogP contribution < -0.4 is 10.1 Å². The predicted octanol–water partition coefficient (Wildman–Crippen LogP) is 3.46. The van der Waals surface area contributed by atoms with E-state index in [1.165, 1.54) is 5.56 Å². The molecule has 100 valence electrons. The number of nitrogens with one attached hydrogen (secondary N) is 1. The largest absolute Gasteiger partial charge is 0.457 e. The molecule has 0 spiro atoms. The molecular formula is C16H20N2O. The number of aromatic nitrogens is 1. The minimum absolute atomic E-state index is 0.746. The van der Waals surface area contributed by atoms with Gasteiger partial charge in [0.25, 0.3) is 0 Å². The van der Waals surface area contributed by atoms with E-state index in [0.29, 0.717) is 0 Å². The summed E-state index contributed by atoms with van der Waals surface area (Å²) in [5.41, 5.74) is 3.30. The van der Waals surface area contributed by atoms with Crippen LogP contribution in [0, 0.1) is 6.92 Å². The molecule has 3 nitrogen and oxygen atoms in total. The summed E-state index contributed by atoms with van der Waals surface area (Å²) < 4.78 is 6.01. The van der Waals surface area contributed by atoms with Crippen molar-refractivity contribution in [3.8, 4) is 11.5 Å². The average molecular weight is 256 g/mol. The molecule has 2 aromatic rings. The van der Waals surface area contributed by atoms with E-state index in [1.807, 2.05) is 38.4 Å². The summed E-state index contributed by atoms with van der Waals surface area (Å²) in [7, 11) is 1.92. The topological polar surface area (TPSA) is 34.1 Å². The Kier molecular flexibility index (Phi) is 4.53. The van der Waals surface area contributed by atoms with Gasteiger partial charge in [-0.15, -0.1) is 0 Å². The first-order chi connectivity index (χ1) is 9.22. The molecule has 0 fully saturated rings. The highest BCUT2D eigenvalue weighted by atomic mass is 16.5. The van der Waals surface area contributed by atoms with Crippen LogP contribution in [-0.4, -0.2) is 12.0 Å². The van der Waals surface area contributed by atoms with Crippen molar-refractivity contribution < 1.29 is 4.74 Å². The molecule has 1 aromatic heterocycles. The quantitative estimate of drug-likeness (QED) is 0.889. The first kappa shape index (κ1) is 13.6. The van der Waals surface area contributed by atoms with Gasteiger partial charge in [-0.3, -0.25) is 4.98 Å². The van der Waals surface area contributed by atoms with Crippen molar-refractivity contribution in [3.05, 3.63) is 53.3 Å². The number of rotatable bonds is 5. The molecule has 1 N–H and O–H groups in total. The lowest BCUT2D eigenvalue weighted by atomic mass is 10.1. The number of benzene rings is 1. The Balaban J connectivity index is 2.28. The molecule has 0 bridgehead atoms. The molecular weight excluding hydrogens is 236 g/mol. The zero-order valence-electron chi connectivity index (χ0n) is 11.7. The molecule has 1 aromatic carbocycles. The Morgan fingerprint density at radius 1 is 1.26 bits per heavy atom. The molecule has 0 saturated heterocycles. The van der Waals surface area contributed by atoms with E-state index in [2.05, 4.69) is 29.4 Å². The van der Waals surface area contributed by atoms with Gasteiger partial charge in [-0.1, -0.05) is 19.1 Å². The Labute approximate surface area is 114 Å². The summed E-state index contributed by atoms with van der Waals surface area (Å²) in [4.78, 5) is 4.31. The third kappa shape index (κ3) is 3.55. The number of pyridine rings is 1. The summed E-state index contributed by atoms with van der Waals surface area (Å²) >= 11 is 0. The highest BCUT2D eigenvalue weighted by Gasteiger charge is 2.06. The molecule has 0 saturated carbocycles. The van der Waals surface area contributed by atoms with Crippen molar-refractivity contribution in [2.75, 3.05) is 7.05 Å². The van der Waals surface area contributed by atoms with Gasteiger partial charge in [-0.2, -0.15) is 0 Å². The zero-order valence-corrected chi connectivity index (χ0v) is 11.7. The first-order valence-electron chi connectivity index (χ1n) is 6.60. The van der Waals surface area contributed by atoms with E-state index in [4.69, 9.17) is 4.74 Å². The van der Waals surface area contributed by atoms with Gasteiger partial charge in [-0.05, 0) is 38.1 Å². The highest BCUT2D eigenvalue weighted by molar-refractivity contribution is 5.38. The van der Waals surface area contributed by atoms with Crippen molar-refractivity contribution >= 4 is 0 Å². The van der Waals surface area contributed by atoms with Crippen LogP contribution in [0.15, 0.2) is 36.5 Å². The van der Waals surface area contributed by atoms with E-state index in [-0.39, 0.29) is 0 Å². The molecule has 19 heavy (non-hydrogen) atoms. The minimum atomic E-state index is 0.746. The highest BCUT2D eigenvalue weighted by Crippen LogP contribution is 2.26. The van der Waals surface area contributed by atoms with Gasteiger partial charge in [0.2, 0.25) is 0 Å². The van der Waals surface area contributed by atoms with Gasteiger partial charge in [-0.25, -0.2) is 0 Å². The van der Waals surface area contributed by atoms with Crippen LogP contribution in [0.5, 0.6) is 11.5 Å². The van der Waals surface area contributed by atoms with E-state index in [9.17, 15) is 0 Å². The van der Waals surface area contributed by atoms with Gasteiger partial charge in [0.05, 0.1) is 0 Å². The molecule has 0 aliphatic carbocycles. The number of ether oxygens (including phenoxy) is 1. The molecule has 2 rings (SSSR count). The Morgan fingerprint density at radius 3 is 2.84 bits per heavy atom. The SMILES string of the molecule is CCc1cccc(Oc2cc(C)ncc2CNC)c1. The lowest BCUT2D eigenvalue weighted by Crippen LogP contribution is -2.07. The Bertz CT molecular complexity index is 552. The van der Waals surface area contributed by atoms with Gasteiger partial charge in [0, 0.05) is 30.1 Å². The third-order valence-corrected chi connectivity index (χ3v) is 2.98. The monoisotopic (exact) mass is 256 g/mol. The Hall–Kier alpha value is -1.87. The van der Waals surface area contributed by atoms with E-state index < -0.39 is 0 Å². The average Bonchev–Trinajstić information content (AvgIpc) is 2.42. The van der Waals surface area contributed by atoms with E-state index in [0.717, 1.165) is 35.7 Å². The van der Waals surface area contributed by atoms with Gasteiger partial charge >= 0.3 is 0 Å². The van der Waals surface area contributed by atoms with Crippen LogP contribution in [0.2, 0.25) is 0 Å². The van der Waals surface area contributed by atoms with Crippen molar-refractivity contribution in [1.29, 1.82) is 0 Å². The fourth-order valence-corrected chi connectivity index (χ4v) is 1.94. The van der Waals surface area contributed by atoms with Gasteiger partial charge in [0.1, 0.15) is 11.5 Å². The maximum atomic E-state index is 6.01. The maximum Gasteiger partial charge on any atom is 0.135 e. The molecule has 1 heterocycles. The second kappa shape index (κ2) is 6.34. The van der Waals surface area contributed by atoms with Crippen molar-refractivity contribution in [2.45, 2.75) is 26.8 Å². The lowest BCUT2D eigenvalue weighted by Gasteiger charge is -2.12. The lowest BCUT2D eigenvalue weighted by molar-refractivity contribution is 0.472. The summed E-state index contributed by atoms with van der Waals surface area (Å²) in [5.74, 6) is 1.75. The molecule has 0 aliphatic heterocycles. The zero-order chi connectivity index (χ0) is 13.7. The van der Waals surface area contributed by atoms with E-state index >= 15 is 0 Å². The molecule has 0 aliphatic rings. The van der Waals surface area contributed by atoms with Crippen molar-refractivity contribution in [2.24, 2.45) is 0 Å². The van der Waals surface area contributed by atoms with Crippen LogP contribution in [0.1, 0.15) is 23.7 Å². The van der Waals surface area contributed by atoms with Gasteiger partial charge in [0.15, 0.2) is 0 Å². The third-order valence-electron chi connectivity index (χ3n) is 2.98. The fourth-order valence-electron chi connectivity index (χ4n) is 1.94. The number of hydrogen-bond acceptors (Lipinski definition) is 3. The Morgan fingerprint density at radius 2 is 2.11 bits per heavy atom. The summed E-state index contributed by atoms with van der Waals surface area (Å²) in [6, 6.07) is 10.2. The standard InChI is InChI=1S/C16H20N2O/c1-4-13-6-5-7-15(9-13)19-16-8-12(2)18-11-14(16)10-17-3/h5-9,11,17H,4,10H2,1-3H3. The molecule has 0 atom stereocenters. The summed E-state index contributed by atoms with van der Waals surface area (Å²) in [6.45, 7) is 4.86. The van der Waals surface area contributed by atoms with Crippen LogP contribution in [0.25, 0.3) is 0 Å². The second-order valence-electron chi connectivity index (χ2n) is 4.57. The number of aryl methyl sites for hydroxylation is 2. The van der Waals surface area contributed by atoms with Crippen LogP contribution in [-0.2, 0) is 13.0 Å². The first-order valence-corrected chi connectivity index (χ1v) is 6.60. The smallest absolute Gasteiger partial charge is 0.135 e. The minimum Gasteiger partial charge on any atom is -0.457 e. The van der Waals surface area contributed by atoms with Crippen molar-refractivity contribution in [3.63, 3.8) is 0 Å². The van der Waals surface area contributed by atoms with Crippen LogP contribution in [0.4, 0.5) is 0 Å². The normalized spacial score (nSPS) is 10.5. The van der Waals surface area contributed by atoms with Gasteiger partial charge < -0.3 is 10.1 Å². The number of hydrogen-bond donors (Lipinski definition) is 1. The van der Waals surface area contributed by atoms with Crippen LogP contribution >= 0.6 is 0 Å².